The molecule has 0 saturated carbocycles. The highest BCUT2D eigenvalue weighted by Crippen LogP contribution is 2.32. The first-order valence-electron chi connectivity index (χ1n) is 6.79. The van der Waals surface area contributed by atoms with Crippen molar-refractivity contribution in [3.8, 4) is 11.5 Å². The van der Waals surface area contributed by atoms with E-state index in [1.54, 1.807) is 6.07 Å². The highest BCUT2D eigenvalue weighted by molar-refractivity contribution is 6.34. The standard InChI is InChI=1S/C16H15Cl2NO2/c17-12-6-11(7-13(18)8-12)10-19-14-2-3-15-16(9-14)21-5-1-4-20-15/h2-3,6-9,19H,1,4-5,10H2. The highest BCUT2D eigenvalue weighted by Gasteiger charge is 2.10. The van der Waals surface area contributed by atoms with E-state index in [1.807, 2.05) is 30.3 Å². The molecule has 1 aliphatic rings. The molecule has 3 nitrogen and oxygen atoms in total. The van der Waals surface area contributed by atoms with E-state index < -0.39 is 0 Å². The largest absolute Gasteiger partial charge is 0.490 e. The minimum absolute atomic E-state index is 0.637. The molecule has 0 aromatic heterocycles. The minimum Gasteiger partial charge on any atom is -0.490 e. The number of anilines is 1. The average Bonchev–Trinajstić information content (AvgIpc) is 2.68. The van der Waals surface area contributed by atoms with Crippen molar-refractivity contribution >= 4 is 28.9 Å². The van der Waals surface area contributed by atoms with Crippen LogP contribution in [0.4, 0.5) is 5.69 Å². The van der Waals surface area contributed by atoms with Crippen LogP contribution in [0.3, 0.4) is 0 Å². The molecule has 0 fully saturated rings. The number of hydrogen-bond donors (Lipinski definition) is 1. The van der Waals surface area contributed by atoms with Gasteiger partial charge >= 0.3 is 0 Å². The van der Waals surface area contributed by atoms with E-state index >= 15 is 0 Å². The monoisotopic (exact) mass is 323 g/mol. The Morgan fingerprint density at radius 3 is 2.38 bits per heavy atom. The minimum atomic E-state index is 0.637. The fourth-order valence-electron chi connectivity index (χ4n) is 2.19. The summed E-state index contributed by atoms with van der Waals surface area (Å²) in [6.45, 7) is 2.01. The summed E-state index contributed by atoms with van der Waals surface area (Å²) in [4.78, 5) is 0. The van der Waals surface area contributed by atoms with Gasteiger partial charge in [-0.25, -0.2) is 0 Å². The van der Waals surface area contributed by atoms with Gasteiger partial charge in [0.25, 0.3) is 0 Å². The lowest BCUT2D eigenvalue weighted by Gasteiger charge is -2.11. The third-order valence-corrected chi connectivity index (χ3v) is 3.60. The van der Waals surface area contributed by atoms with E-state index in [1.165, 1.54) is 0 Å². The maximum atomic E-state index is 6.00. The van der Waals surface area contributed by atoms with Gasteiger partial charge in [0.15, 0.2) is 11.5 Å². The van der Waals surface area contributed by atoms with Gasteiger partial charge in [-0.05, 0) is 35.9 Å². The van der Waals surface area contributed by atoms with Crippen molar-refractivity contribution < 1.29 is 9.47 Å². The molecular weight excluding hydrogens is 309 g/mol. The summed E-state index contributed by atoms with van der Waals surface area (Å²) in [5.41, 5.74) is 2.00. The molecule has 110 valence electrons. The molecule has 0 atom stereocenters. The van der Waals surface area contributed by atoms with Crippen LogP contribution in [0.5, 0.6) is 11.5 Å². The van der Waals surface area contributed by atoms with Gasteiger partial charge in [0.05, 0.1) is 13.2 Å². The van der Waals surface area contributed by atoms with Crippen LogP contribution in [0.1, 0.15) is 12.0 Å². The predicted octanol–water partition coefficient (Wildman–Crippen LogP) is 4.77. The number of hydrogen-bond acceptors (Lipinski definition) is 3. The van der Waals surface area contributed by atoms with Crippen LogP contribution >= 0.6 is 23.2 Å². The van der Waals surface area contributed by atoms with Crippen LogP contribution in [0.15, 0.2) is 36.4 Å². The van der Waals surface area contributed by atoms with E-state index in [2.05, 4.69) is 5.32 Å². The summed E-state index contributed by atoms with van der Waals surface area (Å²) >= 11 is 12.0. The lowest BCUT2D eigenvalue weighted by Crippen LogP contribution is -2.00. The molecule has 0 saturated heterocycles. The Balaban J connectivity index is 1.71. The summed E-state index contributed by atoms with van der Waals surface area (Å²) in [5.74, 6) is 1.57. The molecule has 0 amide bonds. The number of benzene rings is 2. The van der Waals surface area contributed by atoms with Gasteiger partial charge in [0, 0.05) is 34.8 Å². The Kier molecular flexibility index (Phi) is 4.42. The summed E-state index contributed by atoms with van der Waals surface area (Å²) < 4.78 is 11.3. The van der Waals surface area contributed by atoms with Gasteiger partial charge in [0.1, 0.15) is 0 Å². The van der Waals surface area contributed by atoms with Crippen molar-refractivity contribution in [2.75, 3.05) is 18.5 Å². The number of fused-ring (bicyclic) bond motifs is 1. The molecule has 1 aliphatic heterocycles. The quantitative estimate of drug-likeness (QED) is 0.882. The lowest BCUT2D eigenvalue weighted by atomic mass is 10.2. The molecule has 0 spiro atoms. The molecule has 21 heavy (non-hydrogen) atoms. The SMILES string of the molecule is Clc1cc(Cl)cc(CNc2ccc3c(c2)OCCCO3)c1. The fourth-order valence-corrected chi connectivity index (χ4v) is 2.76. The van der Waals surface area contributed by atoms with Gasteiger partial charge in [0.2, 0.25) is 0 Å². The van der Waals surface area contributed by atoms with Crippen LogP contribution in [0.2, 0.25) is 10.0 Å². The zero-order valence-corrected chi connectivity index (χ0v) is 12.9. The Hall–Kier alpha value is -1.58. The topological polar surface area (TPSA) is 30.5 Å². The molecule has 2 aromatic rings. The van der Waals surface area contributed by atoms with Gasteiger partial charge in [-0.3, -0.25) is 0 Å². The zero-order valence-electron chi connectivity index (χ0n) is 11.4. The van der Waals surface area contributed by atoms with E-state index in [9.17, 15) is 0 Å². The normalized spacial score (nSPS) is 13.6. The van der Waals surface area contributed by atoms with Gasteiger partial charge in [-0.1, -0.05) is 23.2 Å². The van der Waals surface area contributed by atoms with Gasteiger partial charge < -0.3 is 14.8 Å². The Morgan fingerprint density at radius 1 is 0.905 bits per heavy atom. The van der Waals surface area contributed by atoms with E-state index in [0.717, 1.165) is 29.2 Å². The molecule has 2 aromatic carbocycles. The second-order valence-corrected chi connectivity index (χ2v) is 5.72. The molecule has 5 heteroatoms. The van der Waals surface area contributed by atoms with Crippen molar-refractivity contribution in [2.45, 2.75) is 13.0 Å². The van der Waals surface area contributed by atoms with Gasteiger partial charge in [-0.2, -0.15) is 0 Å². The van der Waals surface area contributed by atoms with Crippen molar-refractivity contribution in [3.05, 3.63) is 52.0 Å². The lowest BCUT2D eigenvalue weighted by molar-refractivity contribution is 0.297. The van der Waals surface area contributed by atoms with Gasteiger partial charge in [-0.15, -0.1) is 0 Å². The predicted molar refractivity (Wildman–Crippen MR) is 85.8 cm³/mol. The highest BCUT2D eigenvalue weighted by atomic mass is 35.5. The third kappa shape index (κ3) is 3.74. The molecule has 0 bridgehead atoms. The second kappa shape index (κ2) is 6.46. The number of halogens is 2. The van der Waals surface area contributed by atoms with Crippen molar-refractivity contribution in [1.82, 2.24) is 0 Å². The first-order chi connectivity index (χ1) is 10.2. The first-order valence-corrected chi connectivity index (χ1v) is 7.55. The van der Waals surface area contributed by atoms with Crippen LogP contribution < -0.4 is 14.8 Å². The zero-order chi connectivity index (χ0) is 14.7. The summed E-state index contributed by atoms with van der Waals surface area (Å²) in [7, 11) is 0. The van der Waals surface area contributed by atoms with Crippen LogP contribution in [-0.4, -0.2) is 13.2 Å². The maximum absolute atomic E-state index is 6.00. The van der Waals surface area contributed by atoms with Crippen molar-refractivity contribution in [2.24, 2.45) is 0 Å². The van der Waals surface area contributed by atoms with E-state index in [-0.39, 0.29) is 0 Å². The maximum Gasteiger partial charge on any atom is 0.163 e. The molecule has 0 radical (unpaired) electrons. The number of nitrogens with one attached hydrogen (secondary N) is 1. The average molecular weight is 324 g/mol. The van der Waals surface area contributed by atoms with Crippen molar-refractivity contribution in [1.29, 1.82) is 0 Å². The Labute approximate surface area is 133 Å². The Bertz CT molecular complexity index is 626. The summed E-state index contributed by atoms with van der Waals surface area (Å²) in [6, 6.07) is 11.4. The third-order valence-electron chi connectivity index (χ3n) is 3.17. The van der Waals surface area contributed by atoms with Crippen LogP contribution in [-0.2, 0) is 6.54 Å². The number of rotatable bonds is 3. The van der Waals surface area contributed by atoms with E-state index in [4.69, 9.17) is 32.7 Å². The molecule has 1 heterocycles. The molecule has 0 unspecified atom stereocenters. The molecule has 3 rings (SSSR count). The second-order valence-electron chi connectivity index (χ2n) is 4.84. The van der Waals surface area contributed by atoms with Crippen LogP contribution in [0.25, 0.3) is 0 Å². The summed E-state index contributed by atoms with van der Waals surface area (Å²) in [6.07, 6.45) is 0.901. The van der Waals surface area contributed by atoms with Crippen LogP contribution in [0, 0.1) is 0 Å². The Morgan fingerprint density at radius 2 is 1.62 bits per heavy atom. The molecular formula is C16H15Cl2NO2. The number of ether oxygens (including phenoxy) is 2. The molecule has 0 aliphatic carbocycles. The first kappa shape index (κ1) is 14.4. The molecule has 1 N–H and O–H groups in total. The van der Waals surface area contributed by atoms with Crippen molar-refractivity contribution in [3.63, 3.8) is 0 Å². The summed E-state index contributed by atoms with van der Waals surface area (Å²) in [5, 5.41) is 4.61. The smallest absolute Gasteiger partial charge is 0.163 e. The van der Waals surface area contributed by atoms with E-state index in [0.29, 0.717) is 29.8 Å². The fraction of sp³-hybridized carbons (Fsp3) is 0.250.